The van der Waals surface area contributed by atoms with Gasteiger partial charge in [0.15, 0.2) is 6.29 Å². The van der Waals surface area contributed by atoms with Gasteiger partial charge in [0.1, 0.15) is 24.4 Å². The molecule has 0 bridgehead atoms. The molecule has 26 heavy (non-hydrogen) atoms. The van der Waals surface area contributed by atoms with Gasteiger partial charge in [0.2, 0.25) is 0 Å². The number of aliphatic hydroxyl groups excluding tert-OH is 3. The van der Waals surface area contributed by atoms with Crippen LogP contribution in [0.5, 0.6) is 0 Å². The monoisotopic (exact) mass is 360 g/mol. The lowest BCUT2D eigenvalue weighted by molar-refractivity contribution is -0.298. The van der Waals surface area contributed by atoms with Gasteiger partial charge in [-0.15, -0.1) is 0 Å². The van der Waals surface area contributed by atoms with Gasteiger partial charge in [-0.25, -0.2) is 0 Å². The lowest BCUT2D eigenvalue weighted by Crippen LogP contribution is -2.59. The number of rotatable bonds is 7. The molecule has 3 N–H and O–H groups in total. The van der Waals surface area contributed by atoms with Gasteiger partial charge in [-0.1, -0.05) is 60.7 Å². The molecule has 0 spiro atoms. The molecule has 1 saturated heterocycles. The van der Waals surface area contributed by atoms with Crippen molar-refractivity contribution in [2.75, 3.05) is 6.61 Å². The van der Waals surface area contributed by atoms with Crippen molar-refractivity contribution >= 4 is 0 Å². The largest absolute Gasteiger partial charge is 0.387 e. The first-order valence-corrected chi connectivity index (χ1v) is 8.62. The molecule has 6 heteroatoms. The van der Waals surface area contributed by atoms with E-state index < -0.39 is 30.7 Å². The molecular formula is C20H24O6. The summed E-state index contributed by atoms with van der Waals surface area (Å²) in [6.07, 6.45) is -5.65. The fraction of sp³-hybridized carbons (Fsp3) is 0.400. The van der Waals surface area contributed by atoms with Crippen molar-refractivity contribution in [3.63, 3.8) is 0 Å². The van der Waals surface area contributed by atoms with Crippen LogP contribution in [0.3, 0.4) is 0 Å². The van der Waals surface area contributed by atoms with Crippen LogP contribution in [0.15, 0.2) is 60.7 Å². The highest BCUT2D eigenvalue weighted by Crippen LogP contribution is 2.24. The summed E-state index contributed by atoms with van der Waals surface area (Å²) < 4.78 is 16.5. The van der Waals surface area contributed by atoms with Gasteiger partial charge in [-0.05, 0) is 11.1 Å². The van der Waals surface area contributed by atoms with Crippen molar-refractivity contribution in [1.29, 1.82) is 0 Å². The van der Waals surface area contributed by atoms with Crippen molar-refractivity contribution in [2.24, 2.45) is 0 Å². The minimum atomic E-state index is -1.44. The van der Waals surface area contributed by atoms with Gasteiger partial charge in [-0.2, -0.15) is 0 Å². The van der Waals surface area contributed by atoms with Crippen molar-refractivity contribution < 1.29 is 29.5 Å². The number of hydrogen-bond donors (Lipinski definition) is 3. The summed E-state index contributed by atoms with van der Waals surface area (Å²) in [5, 5.41) is 30.5. The van der Waals surface area contributed by atoms with E-state index in [0.717, 1.165) is 11.1 Å². The predicted octanol–water partition coefficient (Wildman–Crippen LogP) is 1.23. The molecule has 1 heterocycles. The smallest absolute Gasteiger partial charge is 0.184 e. The fourth-order valence-corrected chi connectivity index (χ4v) is 2.88. The average Bonchev–Trinajstić information content (AvgIpc) is 2.67. The number of benzene rings is 2. The molecule has 0 saturated carbocycles. The highest BCUT2D eigenvalue weighted by molar-refractivity contribution is 5.14. The zero-order valence-corrected chi connectivity index (χ0v) is 14.3. The Labute approximate surface area is 152 Å². The molecule has 6 nitrogen and oxygen atoms in total. The molecular weight excluding hydrogens is 336 g/mol. The summed E-state index contributed by atoms with van der Waals surface area (Å²) in [6.45, 7) is 0.649. The van der Waals surface area contributed by atoms with E-state index in [1.165, 1.54) is 0 Å². The minimum absolute atomic E-state index is 0.0744. The van der Waals surface area contributed by atoms with Crippen LogP contribution in [0.4, 0.5) is 0 Å². The molecule has 2 aromatic rings. The lowest BCUT2D eigenvalue weighted by Gasteiger charge is -2.40. The molecule has 1 aliphatic rings. The third-order valence-electron chi connectivity index (χ3n) is 4.34. The second kappa shape index (κ2) is 9.23. The maximum absolute atomic E-state index is 10.5. The highest BCUT2D eigenvalue weighted by Gasteiger charge is 2.44. The second-order valence-electron chi connectivity index (χ2n) is 6.31. The molecule has 0 aliphatic carbocycles. The Hall–Kier alpha value is -1.80. The van der Waals surface area contributed by atoms with Crippen molar-refractivity contribution in [2.45, 2.75) is 43.9 Å². The minimum Gasteiger partial charge on any atom is -0.387 e. The Kier molecular flexibility index (Phi) is 6.73. The molecule has 1 fully saturated rings. The Morgan fingerprint density at radius 1 is 0.769 bits per heavy atom. The van der Waals surface area contributed by atoms with Gasteiger partial charge in [0.05, 0.1) is 19.8 Å². The normalized spacial score (nSPS) is 28.8. The molecule has 2 aromatic carbocycles. The number of hydrogen-bond acceptors (Lipinski definition) is 6. The first-order chi connectivity index (χ1) is 12.6. The lowest BCUT2D eigenvalue weighted by atomic mass is 9.99. The topological polar surface area (TPSA) is 88.4 Å². The maximum Gasteiger partial charge on any atom is 0.184 e. The van der Waals surface area contributed by atoms with Crippen LogP contribution in [0.2, 0.25) is 0 Å². The predicted molar refractivity (Wildman–Crippen MR) is 94.0 cm³/mol. The molecule has 3 unspecified atom stereocenters. The maximum atomic E-state index is 10.5. The SMILES string of the molecule is OC1C(OCc2ccccc2)[C@H](O)C(COCc2ccccc2)O[C@H]1O. The Balaban J connectivity index is 1.55. The summed E-state index contributed by atoms with van der Waals surface area (Å²) in [6, 6.07) is 19.0. The van der Waals surface area contributed by atoms with E-state index >= 15 is 0 Å². The van der Waals surface area contributed by atoms with Crippen LogP contribution in [0.1, 0.15) is 11.1 Å². The van der Waals surface area contributed by atoms with E-state index in [1.807, 2.05) is 60.7 Å². The first kappa shape index (κ1) is 19.0. The van der Waals surface area contributed by atoms with Gasteiger partial charge < -0.3 is 29.5 Å². The van der Waals surface area contributed by atoms with Crippen molar-refractivity contribution in [3.05, 3.63) is 71.8 Å². The summed E-state index contributed by atoms with van der Waals surface area (Å²) in [5.74, 6) is 0. The van der Waals surface area contributed by atoms with E-state index in [2.05, 4.69) is 0 Å². The molecule has 0 aromatic heterocycles. The van der Waals surface area contributed by atoms with E-state index in [9.17, 15) is 15.3 Å². The quantitative estimate of drug-likeness (QED) is 0.688. The van der Waals surface area contributed by atoms with Crippen LogP contribution in [0, 0.1) is 0 Å². The summed E-state index contributed by atoms with van der Waals surface area (Å²) in [4.78, 5) is 0. The van der Waals surface area contributed by atoms with Crippen LogP contribution >= 0.6 is 0 Å². The molecule has 5 atom stereocenters. The highest BCUT2D eigenvalue weighted by atomic mass is 16.7. The van der Waals surface area contributed by atoms with Crippen molar-refractivity contribution in [3.8, 4) is 0 Å². The average molecular weight is 360 g/mol. The fourth-order valence-electron chi connectivity index (χ4n) is 2.88. The van der Waals surface area contributed by atoms with Crippen LogP contribution < -0.4 is 0 Å². The van der Waals surface area contributed by atoms with E-state index in [1.54, 1.807) is 0 Å². The van der Waals surface area contributed by atoms with Gasteiger partial charge in [-0.3, -0.25) is 0 Å². The third-order valence-corrected chi connectivity index (χ3v) is 4.34. The standard InChI is InChI=1S/C20H24O6/c21-17-16(13-24-11-14-7-3-1-4-8-14)26-20(23)18(22)19(17)25-12-15-9-5-2-6-10-15/h1-10,16-23H,11-13H2/t16?,17-,18?,19?,20-/m1/s1. The Bertz CT molecular complexity index is 650. The van der Waals surface area contributed by atoms with Crippen molar-refractivity contribution in [1.82, 2.24) is 0 Å². The van der Waals surface area contributed by atoms with Crippen LogP contribution in [-0.2, 0) is 27.4 Å². The summed E-state index contributed by atoms with van der Waals surface area (Å²) >= 11 is 0. The zero-order valence-electron chi connectivity index (χ0n) is 14.3. The van der Waals surface area contributed by atoms with E-state index in [-0.39, 0.29) is 13.2 Å². The zero-order chi connectivity index (χ0) is 18.4. The van der Waals surface area contributed by atoms with Crippen LogP contribution in [-0.4, -0.2) is 52.6 Å². The Morgan fingerprint density at radius 2 is 1.35 bits per heavy atom. The third kappa shape index (κ3) is 4.88. The van der Waals surface area contributed by atoms with Crippen LogP contribution in [0.25, 0.3) is 0 Å². The molecule has 0 amide bonds. The molecule has 140 valence electrons. The summed E-state index contributed by atoms with van der Waals surface area (Å²) in [5.41, 5.74) is 1.90. The molecule has 0 radical (unpaired) electrons. The second-order valence-corrected chi connectivity index (χ2v) is 6.31. The number of aliphatic hydroxyl groups is 3. The first-order valence-electron chi connectivity index (χ1n) is 8.62. The van der Waals surface area contributed by atoms with Gasteiger partial charge in [0, 0.05) is 0 Å². The van der Waals surface area contributed by atoms with E-state index in [0.29, 0.717) is 6.61 Å². The van der Waals surface area contributed by atoms with Gasteiger partial charge in [0.25, 0.3) is 0 Å². The molecule has 3 rings (SSSR count). The Morgan fingerprint density at radius 3 is 1.96 bits per heavy atom. The van der Waals surface area contributed by atoms with Gasteiger partial charge >= 0.3 is 0 Å². The number of ether oxygens (including phenoxy) is 3. The summed E-state index contributed by atoms with van der Waals surface area (Å²) in [7, 11) is 0. The van der Waals surface area contributed by atoms with E-state index in [4.69, 9.17) is 14.2 Å². The molecule has 1 aliphatic heterocycles.